The van der Waals surface area contributed by atoms with Gasteiger partial charge in [-0.05, 0) is 61.9 Å². The molecule has 0 aliphatic heterocycles. The van der Waals surface area contributed by atoms with Gasteiger partial charge in [0.25, 0.3) is 0 Å². The third kappa shape index (κ3) is 5.25. The molecule has 3 N–H and O–H groups in total. The van der Waals surface area contributed by atoms with Crippen molar-refractivity contribution in [1.82, 2.24) is 15.0 Å². The molecule has 170 valence electrons. The van der Waals surface area contributed by atoms with E-state index in [0.29, 0.717) is 42.4 Å². The highest BCUT2D eigenvalue weighted by atomic mass is 19.1. The Morgan fingerprint density at radius 3 is 2.73 bits per heavy atom. The van der Waals surface area contributed by atoms with Crippen molar-refractivity contribution in [2.24, 2.45) is 0 Å². The van der Waals surface area contributed by atoms with Crippen molar-refractivity contribution in [3.8, 4) is 17.1 Å². The number of H-pyrrole nitrogens is 1. The second kappa shape index (κ2) is 9.64. The standard InChI is InChI=1S/C24H22F2N4O3/c1-14(24(31)32)21-12-16-11-18(7-8-20(16)29-21)33-10-2-9-27-23-19(26)13-28-22(30-23)15-3-5-17(25)6-4-15/h3-8,11-14,29H,2,9-10H2,1H3,(H,31,32)(H,27,28,30). The minimum atomic E-state index is -0.893. The topological polar surface area (TPSA) is 100 Å². The number of benzene rings is 2. The van der Waals surface area contributed by atoms with E-state index in [9.17, 15) is 13.6 Å². The van der Waals surface area contributed by atoms with E-state index in [1.54, 1.807) is 19.1 Å². The van der Waals surface area contributed by atoms with E-state index in [4.69, 9.17) is 9.84 Å². The molecule has 0 aliphatic rings. The number of fused-ring (bicyclic) bond motifs is 1. The number of hydrogen-bond acceptors (Lipinski definition) is 5. The number of aromatic amines is 1. The summed E-state index contributed by atoms with van der Waals surface area (Å²) in [6, 6.07) is 13.0. The minimum Gasteiger partial charge on any atom is -0.494 e. The molecule has 0 radical (unpaired) electrons. The number of halogens is 2. The largest absolute Gasteiger partial charge is 0.494 e. The Morgan fingerprint density at radius 2 is 1.97 bits per heavy atom. The fraction of sp³-hybridized carbons (Fsp3) is 0.208. The van der Waals surface area contributed by atoms with Gasteiger partial charge in [0.1, 0.15) is 11.6 Å². The number of ether oxygens (including phenoxy) is 1. The normalized spacial score (nSPS) is 12.0. The number of aromatic nitrogens is 3. The Kier molecular flexibility index (Phi) is 6.48. The van der Waals surface area contributed by atoms with Gasteiger partial charge in [-0.25, -0.2) is 18.7 Å². The van der Waals surface area contributed by atoms with Crippen molar-refractivity contribution >= 4 is 22.7 Å². The maximum absolute atomic E-state index is 14.1. The fourth-order valence-corrected chi connectivity index (χ4v) is 3.29. The molecule has 0 spiro atoms. The van der Waals surface area contributed by atoms with Crippen molar-refractivity contribution in [3.05, 3.63) is 72.1 Å². The SMILES string of the molecule is CC(C(=O)O)c1cc2cc(OCCCNc3nc(-c4ccc(F)cc4)ncc3F)ccc2[nH]1. The Labute approximate surface area is 188 Å². The molecule has 4 rings (SSSR count). The average molecular weight is 452 g/mol. The summed E-state index contributed by atoms with van der Waals surface area (Å²) in [5.74, 6) is -1.45. The van der Waals surface area contributed by atoms with Gasteiger partial charge in [0, 0.05) is 28.7 Å². The van der Waals surface area contributed by atoms with Crippen LogP contribution in [0.5, 0.6) is 5.75 Å². The molecule has 33 heavy (non-hydrogen) atoms. The molecule has 0 amide bonds. The highest BCUT2D eigenvalue weighted by Gasteiger charge is 2.16. The number of rotatable bonds is 9. The van der Waals surface area contributed by atoms with Crippen LogP contribution in [0, 0.1) is 11.6 Å². The zero-order valence-electron chi connectivity index (χ0n) is 17.8. The smallest absolute Gasteiger partial charge is 0.312 e. The van der Waals surface area contributed by atoms with Crippen molar-refractivity contribution in [2.45, 2.75) is 19.3 Å². The number of carbonyl (C=O) groups is 1. The van der Waals surface area contributed by atoms with E-state index in [1.807, 2.05) is 12.1 Å². The van der Waals surface area contributed by atoms with Crippen LogP contribution in [0.4, 0.5) is 14.6 Å². The van der Waals surface area contributed by atoms with E-state index in [-0.39, 0.29) is 11.6 Å². The molecule has 1 unspecified atom stereocenters. The summed E-state index contributed by atoms with van der Waals surface area (Å²) in [7, 11) is 0. The lowest BCUT2D eigenvalue weighted by atomic mass is 10.1. The van der Waals surface area contributed by atoms with E-state index in [0.717, 1.165) is 17.1 Å². The Hall–Kier alpha value is -4.01. The molecule has 2 heterocycles. The molecular formula is C24H22F2N4O3. The van der Waals surface area contributed by atoms with Gasteiger partial charge in [-0.15, -0.1) is 0 Å². The van der Waals surface area contributed by atoms with Crippen LogP contribution in [0.15, 0.2) is 54.7 Å². The second-order valence-electron chi connectivity index (χ2n) is 7.56. The van der Waals surface area contributed by atoms with E-state index < -0.39 is 17.7 Å². The van der Waals surface area contributed by atoms with Gasteiger partial charge in [0.05, 0.1) is 18.7 Å². The van der Waals surface area contributed by atoms with Crippen LogP contribution < -0.4 is 10.1 Å². The van der Waals surface area contributed by atoms with E-state index in [2.05, 4.69) is 20.3 Å². The Morgan fingerprint density at radius 1 is 1.18 bits per heavy atom. The molecule has 1 atom stereocenters. The summed E-state index contributed by atoms with van der Waals surface area (Å²) in [4.78, 5) is 22.4. The second-order valence-corrected chi connectivity index (χ2v) is 7.56. The van der Waals surface area contributed by atoms with Crippen LogP contribution in [0.1, 0.15) is 25.0 Å². The summed E-state index contributed by atoms with van der Waals surface area (Å²) in [5, 5.41) is 13.0. The first-order chi connectivity index (χ1) is 15.9. The minimum absolute atomic E-state index is 0.0677. The number of anilines is 1. The molecule has 0 bridgehead atoms. The van der Waals surface area contributed by atoms with E-state index >= 15 is 0 Å². The van der Waals surface area contributed by atoms with Gasteiger partial charge in [0.15, 0.2) is 17.5 Å². The van der Waals surface area contributed by atoms with Crippen LogP contribution in [-0.4, -0.2) is 39.2 Å². The van der Waals surface area contributed by atoms with Gasteiger partial charge in [-0.1, -0.05) is 0 Å². The molecule has 2 aromatic carbocycles. The van der Waals surface area contributed by atoms with Gasteiger partial charge < -0.3 is 20.1 Å². The third-order valence-electron chi connectivity index (χ3n) is 5.18. The van der Waals surface area contributed by atoms with Crippen molar-refractivity contribution in [2.75, 3.05) is 18.5 Å². The fourth-order valence-electron chi connectivity index (χ4n) is 3.29. The van der Waals surface area contributed by atoms with Gasteiger partial charge in [0.2, 0.25) is 0 Å². The number of nitrogens with one attached hydrogen (secondary N) is 2. The summed E-state index contributed by atoms with van der Waals surface area (Å²) in [6.45, 7) is 2.43. The van der Waals surface area contributed by atoms with Crippen LogP contribution in [0.3, 0.4) is 0 Å². The quantitative estimate of drug-likeness (QED) is 0.310. The van der Waals surface area contributed by atoms with Crippen LogP contribution >= 0.6 is 0 Å². The zero-order valence-corrected chi connectivity index (χ0v) is 17.8. The first-order valence-corrected chi connectivity index (χ1v) is 10.4. The predicted molar refractivity (Wildman–Crippen MR) is 120 cm³/mol. The highest BCUT2D eigenvalue weighted by Crippen LogP contribution is 2.25. The highest BCUT2D eigenvalue weighted by molar-refractivity contribution is 5.84. The maximum Gasteiger partial charge on any atom is 0.312 e. The molecule has 2 aromatic heterocycles. The molecule has 0 saturated heterocycles. The molecule has 0 saturated carbocycles. The summed E-state index contributed by atoms with van der Waals surface area (Å²) >= 11 is 0. The summed E-state index contributed by atoms with van der Waals surface area (Å²) in [5.41, 5.74) is 2.05. The Bertz CT molecular complexity index is 1270. The lowest BCUT2D eigenvalue weighted by Gasteiger charge is -2.09. The Balaban J connectivity index is 1.31. The van der Waals surface area contributed by atoms with Crippen molar-refractivity contribution in [1.29, 1.82) is 0 Å². The number of carboxylic acids is 1. The number of aliphatic carboxylic acids is 1. The lowest BCUT2D eigenvalue weighted by molar-refractivity contribution is -0.138. The van der Waals surface area contributed by atoms with Gasteiger partial charge >= 0.3 is 5.97 Å². The average Bonchev–Trinajstić information content (AvgIpc) is 3.23. The summed E-state index contributed by atoms with van der Waals surface area (Å²) < 4.78 is 32.9. The molecule has 0 aliphatic carbocycles. The van der Waals surface area contributed by atoms with Crippen molar-refractivity contribution in [3.63, 3.8) is 0 Å². The molecule has 9 heteroatoms. The van der Waals surface area contributed by atoms with Crippen LogP contribution in [0.2, 0.25) is 0 Å². The lowest BCUT2D eigenvalue weighted by Crippen LogP contribution is -2.10. The number of carboxylic acid groups (broad SMARTS) is 1. The van der Waals surface area contributed by atoms with Crippen molar-refractivity contribution < 1.29 is 23.4 Å². The van der Waals surface area contributed by atoms with Gasteiger partial charge in [-0.3, -0.25) is 4.79 Å². The van der Waals surface area contributed by atoms with E-state index in [1.165, 1.54) is 24.3 Å². The monoisotopic (exact) mass is 452 g/mol. The maximum atomic E-state index is 14.1. The number of nitrogens with zero attached hydrogens (tertiary/aromatic N) is 2. The molecular weight excluding hydrogens is 430 g/mol. The summed E-state index contributed by atoms with van der Waals surface area (Å²) in [6.07, 6.45) is 1.66. The van der Waals surface area contributed by atoms with Gasteiger partial charge in [-0.2, -0.15) is 0 Å². The predicted octanol–water partition coefficient (Wildman–Crippen LogP) is 4.97. The van der Waals surface area contributed by atoms with Crippen LogP contribution in [-0.2, 0) is 4.79 Å². The zero-order chi connectivity index (χ0) is 23.4. The first kappa shape index (κ1) is 22.2. The molecule has 4 aromatic rings. The van der Waals surface area contributed by atoms with Crippen LogP contribution in [0.25, 0.3) is 22.3 Å². The molecule has 7 nitrogen and oxygen atoms in total. The first-order valence-electron chi connectivity index (χ1n) is 10.4. The number of hydrogen-bond donors (Lipinski definition) is 3. The molecule has 0 fully saturated rings. The third-order valence-corrected chi connectivity index (χ3v) is 5.18.